The first-order chi connectivity index (χ1) is 23.5. The molecular formula is C33H33F4N7O5S. The fourth-order valence-electron chi connectivity index (χ4n) is 4.87. The number of carbonyl (C=O) groups excluding carboxylic acids is 3. The normalized spacial score (nSPS) is 12.5. The van der Waals surface area contributed by atoms with Crippen LogP contribution in [0.5, 0.6) is 0 Å². The van der Waals surface area contributed by atoms with Crippen molar-refractivity contribution in [2.24, 2.45) is 0 Å². The molecule has 0 saturated carbocycles. The quantitative estimate of drug-likeness (QED) is 0.190. The maximum atomic E-state index is 14.0. The Labute approximate surface area is 285 Å². The number of aryl methyl sites for hydroxylation is 2. The van der Waals surface area contributed by atoms with E-state index in [1.54, 1.807) is 42.8 Å². The van der Waals surface area contributed by atoms with Crippen molar-refractivity contribution in [2.45, 2.75) is 38.8 Å². The summed E-state index contributed by atoms with van der Waals surface area (Å²) in [6.45, 7) is 3.43. The molecule has 4 aromatic rings. The summed E-state index contributed by atoms with van der Waals surface area (Å²) < 4.78 is 86.2. The van der Waals surface area contributed by atoms with Crippen LogP contribution in [0, 0.1) is 37.1 Å². The smallest absolute Gasteiger partial charge is 0.325 e. The van der Waals surface area contributed by atoms with Gasteiger partial charge in [-0.25, -0.2) is 27.1 Å². The molecule has 0 unspecified atom stereocenters. The zero-order valence-corrected chi connectivity index (χ0v) is 28.1. The number of nitrogens with zero attached hydrogens (tertiary/aromatic N) is 4. The van der Waals surface area contributed by atoms with E-state index in [2.05, 4.69) is 15.3 Å². The number of pyridine rings is 2. The second-order valence-corrected chi connectivity index (χ2v) is 12.8. The Bertz CT molecular complexity index is 1940. The molecule has 50 heavy (non-hydrogen) atoms. The van der Waals surface area contributed by atoms with Crippen LogP contribution in [0.1, 0.15) is 22.5 Å². The topological polar surface area (TPSA) is 154 Å². The first-order valence-electron chi connectivity index (χ1n) is 14.9. The summed E-state index contributed by atoms with van der Waals surface area (Å²) in [5.41, 5.74) is 1.75. The number of nitrogens with one attached hydrogen (secondary N) is 3. The second-order valence-electron chi connectivity index (χ2n) is 11.4. The minimum absolute atomic E-state index is 0.0285. The third kappa shape index (κ3) is 10.3. The molecule has 264 valence electrons. The number of anilines is 2. The Hall–Kier alpha value is -5.42. The van der Waals surface area contributed by atoms with Crippen molar-refractivity contribution in [1.82, 2.24) is 24.7 Å². The molecule has 0 saturated heterocycles. The number of hydrogen-bond donors (Lipinski definition) is 3. The highest BCUT2D eigenvalue weighted by Crippen LogP contribution is 2.18. The lowest BCUT2D eigenvalue weighted by molar-refractivity contribution is -0.120. The third-order valence-electron chi connectivity index (χ3n) is 7.38. The van der Waals surface area contributed by atoms with E-state index in [-0.39, 0.29) is 16.8 Å². The fourth-order valence-corrected chi connectivity index (χ4v) is 5.79. The Kier molecular flexibility index (Phi) is 11.9. The number of benzene rings is 2. The Morgan fingerprint density at radius 3 is 1.48 bits per heavy atom. The summed E-state index contributed by atoms with van der Waals surface area (Å²) in [6.07, 6.45) is 1.74. The van der Waals surface area contributed by atoms with E-state index in [1.807, 2.05) is 4.72 Å². The average Bonchev–Trinajstić information content (AvgIpc) is 3.02. The summed E-state index contributed by atoms with van der Waals surface area (Å²) in [7, 11) is -2.25. The van der Waals surface area contributed by atoms with E-state index < -0.39 is 76.2 Å². The Morgan fingerprint density at radius 2 is 1.08 bits per heavy atom. The monoisotopic (exact) mass is 715 g/mol. The Morgan fingerprint density at radius 1 is 0.680 bits per heavy atom. The van der Waals surface area contributed by atoms with Crippen molar-refractivity contribution in [3.8, 4) is 0 Å². The van der Waals surface area contributed by atoms with E-state index in [9.17, 15) is 40.4 Å². The van der Waals surface area contributed by atoms with Crippen molar-refractivity contribution in [1.29, 1.82) is 0 Å². The maximum Gasteiger partial charge on any atom is 0.330 e. The number of halogens is 4. The van der Waals surface area contributed by atoms with Crippen LogP contribution in [-0.2, 0) is 32.6 Å². The standard InChI is InChI=1S/C33H33F4N7O5S/c1-19-5-7-27(17-38-19)43(3)31(45)29(13-21-9-23(34)15-24(35)10-21)40-33(47)42-50(48,49)41-30(14-22-11-25(36)16-26(37)12-22)32(46)44(4)28-8-6-20(2)39-18-28/h5-12,15-18,29-30,41H,13-14H2,1-4H3,(H2,40,42,47)/t29-,30-/m0/s1. The van der Waals surface area contributed by atoms with Crippen LogP contribution in [0.15, 0.2) is 73.1 Å². The second kappa shape index (κ2) is 15.9. The zero-order valence-electron chi connectivity index (χ0n) is 27.2. The van der Waals surface area contributed by atoms with Crippen LogP contribution in [0.4, 0.5) is 33.7 Å². The lowest BCUT2D eigenvalue weighted by Crippen LogP contribution is -2.57. The SMILES string of the molecule is Cc1ccc(N(C)C(=O)[C@H](Cc2cc(F)cc(F)c2)NC(=O)NS(=O)(=O)N[C@@H](Cc2cc(F)cc(F)c2)C(=O)N(C)c2ccc(C)nc2)cn1. The van der Waals surface area contributed by atoms with Crippen molar-refractivity contribution >= 4 is 39.4 Å². The number of amides is 4. The molecule has 17 heteroatoms. The van der Waals surface area contributed by atoms with E-state index in [1.165, 1.54) is 26.5 Å². The van der Waals surface area contributed by atoms with E-state index in [0.717, 1.165) is 34.1 Å². The molecule has 2 aromatic heterocycles. The van der Waals surface area contributed by atoms with Crippen LogP contribution in [0.3, 0.4) is 0 Å². The van der Waals surface area contributed by atoms with Crippen LogP contribution < -0.4 is 24.6 Å². The highest BCUT2D eigenvalue weighted by atomic mass is 32.2. The van der Waals surface area contributed by atoms with Crippen LogP contribution in [0.2, 0.25) is 0 Å². The van der Waals surface area contributed by atoms with Gasteiger partial charge >= 0.3 is 16.2 Å². The van der Waals surface area contributed by atoms with Gasteiger partial charge in [0.25, 0.3) is 0 Å². The first-order valence-corrected chi connectivity index (χ1v) is 16.4. The fraction of sp³-hybridized carbons (Fsp3) is 0.242. The molecule has 0 bridgehead atoms. The summed E-state index contributed by atoms with van der Waals surface area (Å²) >= 11 is 0. The number of carbonyl (C=O) groups is 3. The van der Waals surface area contributed by atoms with Gasteiger partial charge in [-0.1, -0.05) is 0 Å². The van der Waals surface area contributed by atoms with Crippen molar-refractivity contribution in [2.75, 3.05) is 23.9 Å². The molecule has 4 amide bonds. The molecule has 0 radical (unpaired) electrons. The van der Waals surface area contributed by atoms with Gasteiger partial charge in [0.1, 0.15) is 35.4 Å². The molecule has 2 aromatic carbocycles. The highest BCUT2D eigenvalue weighted by Gasteiger charge is 2.31. The molecule has 0 aliphatic heterocycles. The third-order valence-corrected chi connectivity index (χ3v) is 8.43. The molecule has 0 aliphatic carbocycles. The van der Waals surface area contributed by atoms with Gasteiger partial charge in [-0.2, -0.15) is 13.1 Å². The molecule has 0 aliphatic rings. The minimum atomic E-state index is -4.94. The maximum absolute atomic E-state index is 14.0. The number of likely N-dealkylation sites (N-methyl/N-ethyl adjacent to an activating group) is 2. The van der Waals surface area contributed by atoms with Crippen molar-refractivity contribution in [3.05, 3.63) is 119 Å². The van der Waals surface area contributed by atoms with Crippen LogP contribution in [0.25, 0.3) is 0 Å². The van der Waals surface area contributed by atoms with Gasteiger partial charge in [0.05, 0.1) is 23.8 Å². The van der Waals surface area contributed by atoms with Crippen molar-refractivity contribution in [3.63, 3.8) is 0 Å². The largest absolute Gasteiger partial charge is 0.330 e. The molecule has 4 rings (SSSR count). The number of urea groups is 1. The molecule has 2 heterocycles. The lowest BCUT2D eigenvalue weighted by atomic mass is 10.0. The predicted octanol–water partition coefficient (Wildman–Crippen LogP) is 3.63. The summed E-state index contributed by atoms with van der Waals surface area (Å²) in [6, 6.07) is 6.56. The summed E-state index contributed by atoms with van der Waals surface area (Å²) in [5, 5.41) is 2.21. The summed E-state index contributed by atoms with van der Waals surface area (Å²) in [4.78, 5) is 50.6. The molecule has 3 N–H and O–H groups in total. The van der Waals surface area contributed by atoms with Crippen molar-refractivity contribution < 1.29 is 40.4 Å². The van der Waals surface area contributed by atoms with E-state index >= 15 is 0 Å². The molecular weight excluding hydrogens is 682 g/mol. The predicted molar refractivity (Wildman–Crippen MR) is 176 cm³/mol. The molecule has 12 nitrogen and oxygen atoms in total. The lowest BCUT2D eigenvalue weighted by Gasteiger charge is -2.26. The first kappa shape index (κ1) is 37.4. The van der Waals surface area contributed by atoms with Gasteiger partial charge in [0.2, 0.25) is 11.8 Å². The van der Waals surface area contributed by atoms with E-state index in [0.29, 0.717) is 29.2 Å². The van der Waals surface area contributed by atoms with Gasteiger partial charge in [0, 0.05) is 44.0 Å². The number of hydrogen-bond acceptors (Lipinski definition) is 7. The minimum Gasteiger partial charge on any atom is -0.325 e. The summed E-state index contributed by atoms with van der Waals surface area (Å²) in [5.74, 6) is -5.50. The van der Waals surface area contributed by atoms with Gasteiger partial charge in [-0.05, 0) is 79.9 Å². The highest BCUT2D eigenvalue weighted by molar-refractivity contribution is 7.88. The van der Waals surface area contributed by atoms with Crippen LogP contribution in [-0.4, -0.2) is 62.4 Å². The molecule has 2 atom stereocenters. The molecule has 0 spiro atoms. The van der Waals surface area contributed by atoms with Gasteiger partial charge in [0.15, 0.2) is 0 Å². The van der Waals surface area contributed by atoms with Gasteiger partial charge in [-0.3, -0.25) is 19.6 Å². The van der Waals surface area contributed by atoms with E-state index in [4.69, 9.17) is 0 Å². The molecule has 0 fully saturated rings. The van der Waals surface area contributed by atoms with Gasteiger partial charge in [-0.15, -0.1) is 0 Å². The Balaban J connectivity index is 1.58. The van der Waals surface area contributed by atoms with Crippen LogP contribution >= 0.6 is 0 Å². The van der Waals surface area contributed by atoms with Gasteiger partial charge < -0.3 is 15.1 Å². The number of aromatic nitrogens is 2. The zero-order chi connectivity index (χ0) is 36.7. The average molecular weight is 716 g/mol. The number of rotatable bonds is 12.